The standard InChI is InChI=1S/C13H23N3O3/c14-11(16-18)13(5-1-6-13)12(17)15-7-2-8-19-9-10-3-4-10/h10,18H,1-9H2,(H2,14,16)(H,15,17). The highest BCUT2D eigenvalue weighted by molar-refractivity contribution is 6.07. The second-order valence-corrected chi connectivity index (χ2v) is 5.55. The van der Waals surface area contributed by atoms with Crippen LogP contribution in [0.4, 0.5) is 0 Å². The molecule has 2 rings (SSSR count). The molecule has 0 radical (unpaired) electrons. The number of hydrogen-bond donors (Lipinski definition) is 3. The Morgan fingerprint density at radius 1 is 1.47 bits per heavy atom. The number of oxime groups is 1. The molecule has 1 amide bonds. The molecule has 108 valence electrons. The monoisotopic (exact) mass is 269 g/mol. The largest absolute Gasteiger partial charge is 0.409 e. The van der Waals surface area contributed by atoms with Crippen LogP contribution < -0.4 is 11.1 Å². The Morgan fingerprint density at radius 2 is 2.21 bits per heavy atom. The molecule has 0 heterocycles. The second kappa shape index (κ2) is 6.23. The third-order valence-electron chi connectivity index (χ3n) is 4.04. The van der Waals surface area contributed by atoms with Gasteiger partial charge in [0.15, 0.2) is 5.84 Å². The quantitative estimate of drug-likeness (QED) is 0.200. The predicted octanol–water partition coefficient (Wildman–Crippen LogP) is 0.836. The summed E-state index contributed by atoms with van der Waals surface area (Å²) in [7, 11) is 0. The Balaban J connectivity index is 1.62. The van der Waals surface area contributed by atoms with Gasteiger partial charge in [-0.3, -0.25) is 4.79 Å². The molecule has 0 aliphatic heterocycles. The summed E-state index contributed by atoms with van der Waals surface area (Å²) in [5, 5.41) is 14.6. The van der Waals surface area contributed by atoms with Gasteiger partial charge >= 0.3 is 0 Å². The SMILES string of the molecule is NC(=NO)C1(C(=O)NCCCOCC2CC2)CCC1. The molecule has 6 nitrogen and oxygen atoms in total. The maximum Gasteiger partial charge on any atom is 0.233 e. The zero-order valence-corrected chi connectivity index (χ0v) is 11.2. The van der Waals surface area contributed by atoms with Crippen molar-refractivity contribution in [3.63, 3.8) is 0 Å². The molecule has 0 aromatic rings. The Hall–Kier alpha value is -1.30. The minimum Gasteiger partial charge on any atom is -0.409 e. The minimum absolute atomic E-state index is 0.0289. The van der Waals surface area contributed by atoms with E-state index in [1.165, 1.54) is 12.8 Å². The van der Waals surface area contributed by atoms with Crippen LogP contribution in [0.15, 0.2) is 5.16 Å². The van der Waals surface area contributed by atoms with E-state index >= 15 is 0 Å². The number of nitrogens with zero attached hydrogens (tertiary/aromatic N) is 1. The summed E-state index contributed by atoms with van der Waals surface area (Å²) in [6.45, 7) is 2.10. The van der Waals surface area contributed by atoms with E-state index in [-0.39, 0.29) is 11.7 Å². The van der Waals surface area contributed by atoms with Gasteiger partial charge in [0, 0.05) is 19.8 Å². The summed E-state index contributed by atoms with van der Waals surface area (Å²) < 4.78 is 5.49. The van der Waals surface area contributed by atoms with E-state index in [0.29, 0.717) is 26.0 Å². The van der Waals surface area contributed by atoms with Crippen LogP contribution in [-0.4, -0.2) is 36.7 Å². The van der Waals surface area contributed by atoms with Gasteiger partial charge < -0.3 is 21.0 Å². The molecule has 0 spiro atoms. The lowest BCUT2D eigenvalue weighted by Gasteiger charge is -2.38. The Morgan fingerprint density at radius 3 is 2.74 bits per heavy atom. The van der Waals surface area contributed by atoms with E-state index in [2.05, 4.69) is 10.5 Å². The van der Waals surface area contributed by atoms with Gasteiger partial charge in [-0.05, 0) is 38.0 Å². The van der Waals surface area contributed by atoms with Gasteiger partial charge in [-0.1, -0.05) is 11.6 Å². The van der Waals surface area contributed by atoms with Crippen LogP contribution in [0.1, 0.15) is 38.5 Å². The van der Waals surface area contributed by atoms with Crippen LogP contribution in [0.25, 0.3) is 0 Å². The third kappa shape index (κ3) is 3.37. The minimum atomic E-state index is -0.774. The van der Waals surface area contributed by atoms with Crippen LogP contribution in [0, 0.1) is 11.3 Å². The Kier molecular flexibility index (Phi) is 4.63. The normalized spacial score (nSPS) is 21.8. The fourth-order valence-corrected chi connectivity index (χ4v) is 2.31. The summed E-state index contributed by atoms with van der Waals surface area (Å²) in [5.41, 5.74) is 4.85. The molecule has 4 N–H and O–H groups in total. The van der Waals surface area contributed by atoms with E-state index < -0.39 is 5.41 Å². The van der Waals surface area contributed by atoms with E-state index in [0.717, 1.165) is 25.4 Å². The topological polar surface area (TPSA) is 96.9 Å². The predicted molar refractivity (Wildman–Crippen MR) is 70.9 cm³/mol. The molecule has 0 bridgehead atoms. The van der Waals surface area contributed by atoms with Crippen LogP contribution in [0.3, 0.4) is 0 Å². The maximum atomic E-state index is 12.1. The van der Waals surface area contributed by atoms with Crippen molar-refractivity contribution in [2.75, 3.05) is 19.8 Å². The molecule has 2 fully saturated rings. The van der Waals surface area contributed by atoms with Crippen LogP contribution in [-0.2, 0) is 9.53 Å². The molecule has 2 saturated carbocycles. The summed E-state index contributed by atoms with van der Waals surface area (Å²) >= 11 is 0. The number of nitrogens with one attached hydrogen (secondary N) is 1. The number of amides is 1. The Labute approximate surface area is 113 Å². The lowest BCUT2D eigenvalue weighted by Crippen LogP contribution is -2.54. The summed E-state index contributed by atoms with van der Waals surface area (Å²) in [4.78, 5) is 12.1. The van der Waals surface area contributed by atoms with Crippen molar-refractivity contribution >= 4 is 11.7 Å². The zero-order chi connectivity index (χ0) is 13.7. The van der Waals surface area contributed by atoms with Gasteiger partial charge in [0.25, 0.3) is 0 Å². The van der Waals surface area contributed by atoms with Crippen LogP contribution in [0.5, 0.6) is 0 Å². The number of amidine groups is 1. The van der Waals surface area contributed by atoms with E-state index in [4.69, 9.17) is 15.7 Å². The first-order valence-corrected chi connectivity index (χ1v) is 7.03. The van der Waals surface area contributed by atoms with Crippen molar-refractivity contribution in [1.82, 2.24) is 5.32 Å². The first-order chi connectivity index (χ1) is 9.19. The average molecular weight is 269 g/mol. The average Bonchev–Trinajstić information content (AvgIpc) is 3.15. The molecule has 2 aliphatic rings. The number of carbonyl (C=O) groups is 1. The van der Waals surface area contributed by atoms with Crippen molar-refractivity contribution in [2.24, 2.45) is 22.2 Å². The molecule has 0 saturated heterocycles. The molecule has 6 heteroatoms. The molecule has 2 aliphatic carbocycles. The lowest BCUT2D eigenvalue weighted by atomic mass is 9.67. The second-order valence-electron chi connectivity index (χ2n) is 5.55. The summed E-state index contributed by atoms with van der Waals surface area (Å²) in [6.07, 6.45) is 5.64. The number of hydrogen-bond acceptors (Lipinski definition) is 4. The number of nitrogens with two attached hydrogens (primary N) is 1. The first-order valence-electron chi connectivity index (χ1n) is 7.03. The van der Waals surface area contributed by atoms with Crippen molar-refractivity contribution in [3.8, 4) is 0 Å². The Bertz CT molecular complexity index is 349. The van der Waals surface area contributed by atoms with Crippen LogP contribution in [0.2, 0.25) is 0 Å². The summed E-state index contributed by atoms with van der Waals surface area (Å²) in [6, 6.07) is 0. The number of carbonyl (C=O) groups excluding carboxylic acids is 1. The fourth-order valence-electron chi connectivity index (χ4n) is 2.31. The van der Waals surface area contributed by atoms with Gasteiger partial charge in [-0.15, -0.1) is 0 Å². The van der Waals surface area contributed by atoms with E-state index in [9.17, 15) is 4.79 Å². The van der Waals surface area contributed by atoms with Gasteiger partial charge in [0.05, 0.1) is 0 Å². The van der Waals surface area contributed by atoms with Crippen molar-refractivity contribution in [1.29, 1.82) is 0 Å². The highest BCUT2D eigenvalue weighted by atomic mass is 16.5. The highest BCUT2D eigenvalue weighted by Crippen LogP contribution is 2.41. The molecular weight excluding hydrogens is 246 g/mol. The lowest BCUT2D eigenvalue weighted by molar-refractivity contribution is -0.131. The zero-order valence-electron chi connectivity index (χ0n) is 11.2. The number of ether oxygens (including phenoxy) is 1. The molecular formula is C13H23N3O3. The van der Waals surface area contributed by atoms with Crippen LogP contribution >= 0.6 is 0 Å². The third-order valence-corrected chi connectivity index (χ3v) is 4.04. The molecule has 0 atom stereocenters. The van der Waals surface area contributed by atoms with Crippen molar-refractivity contribution in [3.05, 3.63) is 0 Å². The summed E-state index contributed by atoms with van der Waals surface area (Å²) in [5.74, 6) is 0.672. The highest BCUT2D eigenvalue weighted by Gasteiger charge is 2.48. The van der Waals surface area contributed by atoms with Crippen molar-refractivity contribution in [2.45, 2.75) is 38.5 Å². The molecule has 0 aromatic carbocycles. The maximum absolute atomic E-state index is 12.1. The molecule has 0 aromatic heterocycles. The number of rotatable bonds is 8. The van der Waals surface area contributed by atoms with Gasteiger partial charge in [-0.25, -0.2) is 0 Å². The van der Waals surface area contributed by atoms with E-state index in [1.54, 1.807) is 0 Å². The fraction of sp³-hybridized carbons (Fsp3) is 0.846. The van der Waals surface area contributed by atoms with Gasteiger partial charge in [-0.2, -0.15) is 0 Å². The molecule has 19 heavy (non-hydrogen) atoms. The van der Waals surface area contributed by atoms with Crippen molar-refractivity contribution < 1.29 is 14.7 Å². The van der Waals surface area contributed by atoms with E-state index in [1.807, 2.05) is 0 Å². The first kappa shape index (κ1) is 14.1. The molecule has 0 unspecified atom stereocenters. The smallest absolute Gasteiger partial charge is 0.233 e. The van der Waals surface area contributed by atoms with Gasteiger partial charge in [0.2, 0.25) is 5.91 Å². The van der Waals surface area contributed by atoms with Gasteiger partial charge in [0.1, 0.15) is 5.41 Å².